The highest BCUT2D eigenvalue weighted by molar-refractivity contribution is 5.86. The molecule has 0 saturated heterocycles. The number of nitrogens with one attached hydrogen (secondary N) is 2. The number of Topliss-reactive ketones (excluding diaryl/α,β-unsaturated/α-hetero) is 1. The molecule has 0 unspecified atom stereocenters. The van der Waals surface area contributed by atoms with E-state index in [0.717, 1.165) is 0 Å². The van der Waals surface area contributed by atoms with Crippen LogP contribution in [0.15, 0.2) is 84.9 Å². The van der Waals surface area contributed by atoms with E-state index in [0.29, 0.717) is 59.8 Å². The summed E-state index contributed by atoms with van der Waals surface area (Å²) in [6.45, 7) is 11.8. The van der Waals surface area contributed by atoms with E-state index in [1.54, 1.807) is 60.7 Å². The third-order valence-electron chi connectivity index (χ3n) is 11.6. The second-order valence-electron chi connectivity index (χ2n) is 20.3. The molecule has 22 heteroatoms. The largest absolute Gasteiger partial charge is 0.484 e. The van der Waals surface area contributed by atoms with Crippen molar-refractivity contribution in [2.45, 2.75) is 112 Å². The molecule has 0 radical (unpaired) electrons. The Hall–Kier alpha value is -8.08. The summed E-state index contributed by atoms with van der Waals surface area (Å²) in [5.41, 5.74) is 0.350. The predicted molar refractivity (Wildman–Crippen MR) is 279 cm³/mol. The molecule has 5 heterocycles. The number of carboxylic acids is 4. The van der Waals surface area contributed by atoms with Crippen LogP contribution in [0.25, 0.3) is 0 Å². The molecular weight excluding hydrogens is 995 g/mol. The fourth-order valence-corrected chi connectivity index (χ4v) is 7.84. The number of nitrogens with zero attached hydrogens (tertiary/aromatic N) is 7. The van der Waals surface area contributed by atoms with Gasteiger partial charge in [-0.05, 0) is 75.2 Å². The van der Waals surface area contributed by atoms with Gasteiger partial charge in [0, 0.05) is 82.1 Å². The summed E-state index contributed by atoms with van der Waals surface area (Å²) in [6.07, 6.45) is 1.99. The van der Waals surface area contributed by atoms with Crippen molar-refractivity contribution in [3.63, 3.8) is 0 Å². The minimum Gasteiger partial charge on any atom is -0.484 e. The molecule has 6 N–H and O–H groups in total. The summed E-state index contributed by atoms with van der Waals surface area (Å²) in [5, 5.41) is 44.7. The Morgan fingerprint density at radius 2 is 0.922 bits per heavy atom. The first kappa shape index (κ1) is 59.8. The Labute approximate surface area is 446 Å². The Bertz CT molecular complexity index is 2630. The number of rotatable bonds is 32. The quantitative estimate of drug-likeness (QED) is 0.0266. The van der Waals surface area contributed by atoms with Crippen LogP contribution in [0.3, 0.4) is 0 Å². The summed E-state index contributed by atoms with van der Waals surface area (Å²) in [5.74, 6) is -5.13. The number of ketones is 1. The maximum atomic E-state index is 13.5. The van der Waals surface area contributed by atoms with Gasteiger partial charge in [-0.25, -0.2) is 39.1 Å². The van der Waals surface area contributed by atoms with Gasteiger partial charge in [-0.15, -0.1) is 0 Å². The zero-order valence-electron chi connectivity index (χ0n) is 44.2. The van der Waals surface area contributed by atoms with Crippen molar-refractivity contribution in [1.29, 1.82) is 0 Å². The molecule has 22 nitrogen and oxygen atoms in total. The summed E-state index contributed by atoms with van der Waals surface area (Å²) in [6, 6.07) is 21.5. The number of carboxylic acid groups (broad SMARTS) is 4. The number of carbonyl (C=O) groups excluding carboxylic acids is 3. The van der Waals surface area contributed by atoms with Gasteiger partial charge in [0.15, 0.2) is 6.61 Å². The van der Waals surface area contributed by atoms with E-state index in [4.69, 9.17) is 14.5 Å². The average molecular weight is 1060 g/mol. The van der Waals surface area contributed by atoms with Crippen molar-refractivity contribution in [2.24, 2.45) is 11.3 Å². The van der Waals surface area contributed by atoms with Crippen LogP contribution in [0.5, 0.6) is 5.75 Å². The lowest BCUT2D eigenvalue weighted by Crippen LogP contribution is -2.48. The molecule has 5 rings (SSSR count). The standard InChI is InChI=1S/C55H67N9O13/c1-35(2)47(65)21-7-8-22-48(66)62-55(5,6)34-76-33-54(3,4)32-56-49(67)31-77-42-23-40(29-63(25-36-13-9-17-43(58-36)50(68)69)26-37-14-10-18-44(59-37)51(70)71)57-41(24-42)30-64(27-38-15-11-19-45(60-38)52(72)73)28-39-16-12-20-46(61-39)53(74)75/h9-20,23-24,35H,7-8,21-22,25-34H2,1-6H3,(H,56,67)(H,62,66)(H,68,69)(H,70,71)(H,72,73)(H,74,75). The van der Waals surface area contributed by atoms with Crippen molar-refractivity contribution in [3.8, 4) is 5.75 Å². The Morgan fingerprint density at radius 1 is 0.532 bits per heavy atom. The summed E-state index contributed by atoms with van der Waals surface area (Å²) >= 11 is 0. The van der Waals surface area contributed by atoms with Gasteiger partial charge in [0.25, 0.3) is 5.91 Å². The van der Waals surface area contributed by atoms with Gasteiger partial charge < -0.3 is 40.5 Å². The number of unbranched alkanes of at least 4 members (excludes halogenated alkanes) is 1. The second-order valence-corrected chi connectivity index (χ2v) is 20.3. The van der Waals surface area contributed by atoms with E-state index in [9.17, 15) is 54.0 Å². The van der Waals surface area contributed by atoms with Gasteiger partial charge in [-0.1, -0.05) is 52.0 Å². The van der Waals surface area contributed by atoms with Crippen molar-refractivity contribution < 1.29 is 63.5 Å². The SMILES string of the molecule is CC(C)C(=O)CCCCC(=O)NC(C)(C)COCC(C)(C)CNC(=O)COc1cc(CN(Cc2cccc(C(=O)O)n2)Cc2cccc(C(=O)O)n2)nc(CN(Cc2cccc(C(=O)O)n2)Cc2cccc(C(=O)O)n2)c1. The van der Waals surface area contributed by atoms with Crippen LogP contribution >= 0.6 is 0 Å². The van der Waals surface area contributed by atoms with Gasteiger partial charge >= 0.3 is 23.9 Å². The molecule has 0 aliphatic carbocycles. The summed E-state index contributed by atoms with van der Waals surface area (Å²) in [7, 11) is 0. The van der Waals surface area contributed by atoms with Crippen molar-refractivity contribution in [2.75, 3.05) is 26.4 Å². The average Bonchev–Trinajstić information content (AvgIpc) is 3.36. The summed E-state index contributed by atoms with van der Waals surface area (Å²) in [4.78, 5) is 111. The fourth-order valence-electron chi connectivity index (χ4n) is 7.84. The van der Waals surface area contributed by atoms with E-state index >= 15 is 0 Å². The van der Waals surface area contributed by atoms with Crippen molar-refractivity contribution in [3.05, 3.63) is 142 Å². The van der Waals surface area contributed by atoms with Gasteiger partial charge in [-0.3, -0.25) is 29.2 Å². The van der Waals surface area contributed by atoms with Crippen LogP contribution < -0.4 is 15.4 Å². The van der Waals surface area contributed by atoms with E-state index in [2.05, 4.69) is 30.6 Å². The molecule has 0 aliphatic rings. The molecule has 2 amide bonds. The van der Waals surface area contributed by atoms with Crippen LogP contribution in [0.2, 0.25) is 0 Å². The van der Waals surface area contributed by atoms with Crippen LogP contribution in [-0.4, -0.2) is 129 Å². The molecule has 0 saturated carbocycles. The smallest absolute Gasteiger partial charge is 0.354 e. The number of pyridine rings is 5. The molecule has 0 aromatic carbocycles. The number of ether oxygens (including phenoxy) is 2. The summed E-state index contributed by atoms with van der Waals surface area (Å²) < 4.78 is 12.2. The highest BCUT2D eigenvalue weighted by Crippen LogP contribution is 2.22. The number of carbonyl (C=O) groups is 7. The number of hydrogen-bond acceptors (Lipinski definition) is 16. The normalized spacial score (nSPS) is 11.6. The fraction of sp³-hybridized carbons (Fsp3) is 0.418. The van der Waals surface area contributed by atoms with Crippen LogP contribution in [-0.2, 0) is 58.4 Å². The Balaban J connectivity index is 1.37. The lowest BCUT2D eigenvalue weighted by Gasteiger charge is -2.30. The molecule has 5 aromatic heterocycles. The topological polar surface area (TPSA) is 314 Å². The van der Waals surface area contributed by atoms with Crippen molar-refractivity contribution >= 4 is 41.5 Å². The molecular formula is C55H67N9O13. The lowest BCUT2D eigenvalue weighted by atomic mass is 9.94. The number of aromatic nitrogens is 5. The number of amides is 2. The molecule has 0 aliphatic heterocycles. The van der Waals surface area contributed by atoms with E-state index < -0.39 is 47.3 Å². The first-order chi connectivity index (χ1) is 36.4. The minimum atomic E-state index is -1.23. The van der Waals surface area contributed by atoms with Gasteiger partial charge in [-0.2, -0.15) is 0 Å². The molecule has 0 fully saturated rings. The molecule has 5 aromatic rings. The Kier molecular flexibility index (Phi) is 21.9. The molecule has 0 atom stereocenters. The maximum Gasteiger partial charge on any atom is 0.354 e. The predicted octanol–water partition coefficient (Wildman–Crippen LogP) is 6.08. The third kappa shape index (κ3) is 20.9. The highest BCUT2D eigenvalue weighted by atomic mass is 16.5. The van der Waals surface area contributed by atoms with Crippen LogP contribution in [0, 0.1) is 11.3 Å². The zero-order valence-corrected chi connectivity index (χ0v) is 44.2. The monoisotopic (exact) mass is 1060 g/mol. The number of hydrogen-bond donors (Lipinski definition) is 6. The zero-order chi connectivity index (χ0) is 56.3. The molecule has 0 spiro atoms. The second kappa shape index (κ2) is 28.2. The maximum absolute atomic E-state index is 13.5. The van der Waals surface area contributed by atoms with Crippen molar-refractivity contribution in [1.82, 2.24) is 45.4 Å². The first-order valence-electron chi connectivity index (χ1n) is 24.9. The van der Waals surface area contributed by atoms with Crippen LogP contribution in [0.4, 0.5) is 0 Å². The van der Waals surface area contributed by atoms with Gasteiger partial charge in [0.05, 0.1) is 52.9 Å². The first-order valence-corrected chi connectivity index (χ1v) is 24.9. The van der Waals surface area contributed by atoms with Gasteiger partial charge in [0.2, 0.25) is 5.91 Å². The Morgan fingerprint density at radius 3 is 1.31 bits per heavy atom. The molecule has 0 bridgehead atoms. The van der Waals surface area contributed by atoms with E-state index in [-0.39, 0.29) is 105 Å². The molecule has 77 heavy (non-hydrogen) atoms. The molecule has 410 valence electrons. The van der Waals surface area contributed by atoms with Gasteiger partial charge in [0.1, 0.15) is 34.3 Å². The van der Waals surface area contributed by atoms with Crippen LogP contribution in [0.1, 0.15) is 143 Å². The van der Waals surface area contributed by atoms with E-state index in [1.165, 1.54) is 24.3 Å². The third-order valence-corrected chi connectivity index (χ3v) is 11.6. The van der Waals surface area contributed by atoms with E-state index in [1.807, 2.05) is 51.3 Å². The minimum absolute atomic E-state index is 0.0296. The highest BCUT2D eigenvalue weighted by Gasteiger charge is 2.25. The number of aromatic carboxylic acids is 4. The lowest BCUT2D eigenvalue weighted by molar-refractivity contribution is -0.125.